The zero-order chi connectivity index (χ0) is 16.1. The summed E-state index contributed by atoms with van der Waals surface area (Å²) in [4.78, 5) is 22.4. The summed E-state index contributed by atoms with van der Waals surface area (Å²) in [6, 6.07) is 5.87. The van der Waals surface area contributed by atoms with Crippen LogP contribution in [0.5, 0.6) is 0 Å². The Morgan fingerprint density at radius 1 is 1.32 bits per heavy atom. The number of nitrogens with zero attached hydrogens (tertiary/aromatic N) is 2. The minimum absolute atomic E-state index is 0.0865. The van der Waals surface area contributed by atoms with Gasteiger partial charge in [-0.25, -0.2) is 9.18 Å². The number of rotatable bonds is 5. The van der Waals surface area contributed by atoms with Crippen LogP contribution in [0.1, 0.15) is 10.5 Å². The Labute approximate surface area is 125 Å². The summed E-state index contributed by atoms with van der Waals surface area (Å²) in [5, 5.41) is 17.2. The molecule has 8 heteroatoms. The second kappa shape index (κ2) is 6.70. The van der Waals surface area contributed by atoms with Crippen molar-refractivity contribution in [2.75, 3.05) is 13.1 Å². The average Bonchev–Trinajstić information content (AvgIpc) is 2.85. The molecule has 2 aromatic rings. The first-order chi connectivity index (χ1) is 10.5. The van der Waals surface area contributed by atoms with Gasteiger partial charge >= 0.3 is 6.09 Å². The number of carbonyl (C=O) groups is 2. The molecule has 1 aromatic heterocycles. The number of carbonyl (C=O) groups excluding carboxylic acids is 1. The molecule has 1 heterocycles. The van der Waals surface area contributed by atoms with Gasteiger partial charge in [0, 0.05) is 31.9 Å². The molecule has 0 spiro atoms. The van der Waals surface area contributed by atoms with Gasteiger partial charge < -0.3 is 15.7 Å². The van der Waals surface area contributed by atoms with Gasteiger partial charge in [-0.15, -0.1) is 0 Å². The van der Waals surface area contributed by atoms with Crippen molar-refractivity contribution in [3.8, 4) is 11.1 Å². The van der Waals surface area contributed by atoms with Crippen LogP contribution < -0.4 is 10.6 Å². The maximum atomic E-state index is 13.3. The van der Waals surface area contributed by atoms with Crippen molar-refractivity contribution in [3.05, 3.63) is 42.0 Å². The Balaban J connectivity index is 2.14. The van der Waals surface area contributed by atoms with Crippen molar-refractivity contribution in [1.82, 2.24) is 20.4 Å². The van der Waals surface area contributed by atoms with E-state index in [-0.39, 0.29) is 18.8 Å². The molecule has 22 heavy (non-hydrogen) atoms. The smallest absolute Gasteiger partial charge is 0.404 e. The maximum Gasteiger partial charge on any atom is 0.404 e. The van der Waals surface area contributed by atoms with Crippen LogP contribution in [0.4, 0.5) is 9.18 Å². The molecule has 116 valence electrons. The third-order valence-electron chi connectivity index (χ3n) is 2.87. The Kier molecular flexibility index (Phi) is 4.72. The van der Waals surface area contributed by atoms with Gasteiger partial charge in [0.05, 0.1) is 0 Å². The Morgan fingerprint density at radius 3 is 2.73 bits per heavy atom. The number of amides is 2. The number of carboxylic acid groups (broad SMARTS) is 1. The standard InChI is InChI=1S/C14H15FN4O3/c1-19-8-11(9-3-2-4-10(15)7-9)12(18-19)13(20)16-5-6-17-14(21)22/h2-4,7-8,17H,5-6H2,1H3,(H,16,20)(H,21,22). The predicted octanol–water partition coefficient (Wildman–Crippen LogP) is 1.22. The number of aromatic nitrogens is 2. The minimum atomic E-state index is -1.16. The summed E-state index contributed by atoms with van der Waals surface area (Å²) in [5.41, 5.74) is 1.20. The van der Waals surface area contributed by atoms with Crippen LogP contribution in [-0.4, -0.2) is 40.0 Å². The third kappa shape index (κ3) is 3.81. The van der Waals surface area contributed by atoms with Crippen LogP contribution in [0.25, 0.3) is 11.1 Å². The monoisotopic (exact) mass is 306 g/mol. The van der Waals surface area contributed by atoms with Crippen LogP contribution in [0.15, 0.2) is 30.5 Å². The normalized spacial score (nSPS) is 10.3. The van der Waals surface area contributed by atoms with E-state index in [1.54, 1.807) is 25.4 Å². The van der Waals surface area contributed by atoms with Gasteiger partial charge in [0.2, 0.25) is 0 Å². The predicted molar refractivity (Wildman–Crippen MR) is 77.0 cm³/mol. The Morgan fingerprint density at radius 2 is 2.05 bits per heavy atom. The lowest BCUT2D eigenvalue weighted by atomic mass is 10.1. The number of nitrogens with one attached hydrogen (secondary N) is 2. The van der Waals surface area contributed by atoms with E-state index in [9.17, 15) is 14.0 Å². The highest BCUT2D eigenvalue weighted by atomic mass is 19.1. The maximum absolute atomic E-state index is 13.3. The van der Waals surface area contributed by atoms with Crippen molar-refractivity contribution >= 4 is 12.0 Å². The van der Waals surface area contributed by atoms with Crippen LogP contribution >= 0.6 is 0 Å². The molecule has 0 aliphatic heterocycles. The highest BCUT2D eigenvalue weighted by Gasteiger charge is 2.17. The number of hydrogen-bond donors (Lipinski definition) is 3. The quantitative estimate of drug-likeness (QED) is 0.724. The lowest BCUT2D eigenvalue weighted by Crippen LogP contribution is -2.34. The third-order valence-corrected chi connectivity index (χ3v) is 2.87. The second-order valence-corrected chi connectivity index (χ2v) is 4.56. The van der Waals surface area contributed by atoms with Crippen molar-refractivity contribution in [2.24, 2.45) is 7.05 Å². The van der Waals surface area contributed by atoms with Gasteiger partial charge in [0.1, 0.15) is 5.82 Å². The molecule has 0 unspecified atom stereocenters. The fourth-order valence-electron chi connectivity index (χ4n) is 1.95. The summed E-state index contributed by atoms with van der Waals surface area (Å²) in [6.45, 7) is 0.216. The van der Waals surface area contributed by atoms with E-state index >= 15 is 0 Å². The van der Waals surface area contributed by atoms with Crippen LogP contribution in [0.2, 0.25) is 0 Å². The van der Waals surface area contributed by atoms with Crippen LogP contribution in [0.3, 0.4) is 0 Å². The van der Waals surface area contributed by atoms with Gasteiger partial charge in [0.25, 0.3) is 5.91 Å². The highest BCUT2D eigenvalue weighted by Crippen LogP contribution is 2.23. The fourth-order valence-corrected chi connectivity index (χ4v) is 1.95. The van der Waals surface area contributed by atoms with E-state index in [1.807, 2.05) is 0 Å². The summed E-state index contributed by atoms with van der Waals surface area (Å²) >= 11 is 0. The first kappa shape index (κ1) is 15.5. The number of hydrogen-bond acceptors (Lipinski definition) is 3. The molecule has 0 radical (unpaired) electrons. The van der Waals surface area contributed by atoms with Gasteiger partial charge in [0.15, 0.2) is 5.69 Å². The molecule has 0 saturated heterocycles. The summed E-state index contributed by atoms with van der Waals surface area (Å²) < 4.78 is 14.8. The van der Waals surface area contributed by atoms with E-state index in [1.165, 1.54) is 16.8 Å². The summed E-state index contributed by atoms with van der Waals surface area (Å²) in [5.74, 6) is -0.856. The van der Waals surface area contributed by atoms with E-state index in [0.717, 1.165) is 0 Å². The number of halogens is 1. The molecule has 2 rings (SSSR count). The lowest BCUT2D eigenvalue weighted by Gasteiger charge is -2.05. The van der Waals surface area contributed by atoms with Gasteiger partial charge in [-0.3, -0.25) is 9.48 Å². The van der Waals surface area contributed by atoms with Crippen molar-refractivity contribution in [3.63, 3.8) is 0 Å². The zero-order valence-corrected chi connectivity index (χ0v) is 11.8. The molecule has 0 bridgehead atoms. The molecule has 0 atom stereocenters. The second-order valence-electron chi connectivity index (χ2n) is 4.56. The van der Waals surface area contributed by atoms with E-state index < -0.39 is 17.8 Å². The molecule has 2 amide bonds. The molecule has 0 aliphatic carbocycles. The van der Waals surface area contributed by atoms with Crippen LogP contribution in [0, 0.1) is 5.82 Å². The fraction of sp³-hybridized carbons (Fsp3) is 0.214. The SMILES string of the molecule is Cn1cc(-c2cccc(F)c2)c(C(=O)NCCNC(=O)O)n1. The van der Waals surface area contributed by atoms with Gasteiger partial charge in [-0.2, -0.15) is 5.10 Å². The highest BCUT2D eigenvalue weighted by molar-refractivity contribution is 5.98. The minimum Gasteiger partial charge on any atom is -0.465 e. The molecular formula is C14H15FN4O3. The Bertz CT molecular complexity index is 699. The number of aryl methyl sites for hydroxylation is 1. The largest absolute Gasteiger partial charge is 0.465 e. The molecule has 7 nitrogen and oxygen atoms in total. The molecule has 3 N–H and O–H groups in total. The number of benzene rings is 1. The summed E-state index contributed by atoms with van der Waals surface area (Å²) in [7, 11) is 1.66. The van der Waals surface area contributed by atoms with Crippen LogP contribution in [-0.2, 0) is 7.05 Å². The summed E-state index contributed by atoms with van der Waals surface area (Å²) in [6.07, 6.45) is 0.465. The zero-order valence-electron chi connectivity index (χ0n) is 11.8. The van der Waals surface area contributed by atoms with E-state index in [4.69, 9.17) is 5.11 Å². The Hall–Kier alpha value is -2.90. The topological polar surface area (TPSA) is 96.2 Å². The molecule has 0 saturated carbocycles. The first-order valence-electron chi connectivity index (χ1n) is 6.52. The molecular weight excluding hydrogens is 291 g/mol. The van der Waals surface area contributed by atoms with Crippen molar-refractivity contribution in [1.29, 1.82) is 0 Å². The van der Waals surface area contributed by atoms with E-state index in [0.29, 0.717) is 11.1 Å². The van der Waals surface area contributed by atoms with Crippen molar-refractivity contribution in [2.45, 2.75) is 0 Å². The van der Waals surface area contributed by atoms with Gasteiger partial charge in [-0.05, 0) is 17.7 Å². The van der Waals surface area contributed by atoms with Gasteiger partial charge in [-0.1, -0.05) is 12.1 Å². The lowest BCUT2D eigenvalue weighted by molar-refractivity contribution is 0.0948. The molecule has 0 aliphatic rings. The average molecular weight is 306 g/mol. The molecule has 1 aromatic carbocycles. The van der Waals surface area contributed by atoms with E-state index in [2.05, 4.69) is 15.7 Å². The molecule has 0 fully saturated rings. The van der Waals surface area contributed by atoms with Crippen molar-refractivity contribution < 1.29 is 19.1 Å². The first-order valence-corrected chi connectivity index (χ1v) is 6.52.